The molecular weight excluding hydrogens is 376 g/mol. The van der Waals surface area contributed by atoms with Gasteiger partial charge in [0, 0.05) is 29.9 Å². The average molecular weight is 405 g/mol. The van der Waals surface area contributed by atoms with Gasteiger partial charge >= 0.3 is 6.03 Å². The molecule has 28 heavy (non-hydrogen) atoms. The molecule has 0 saturated heterocycles. The van der Waals surface area contributed by atoms with Gasteiger partial charge in [-0.15, -0.1) is 11.3 Å². The van der Waals surface area contributed by atoms with Gasteiger partial charge in [-0.2, -0.15) is 0 Å². The highest BCUT2D eigenvalue weighted by molar-refractivity contribution is 7.17. The quantitative estimate of drug-likeness (QED) is 0.562. The number of carbonyl (C=O) groups is 3. The molecule has 3 aliphatic carbocycles. The molecule has 2 saturated carbocycles. The molecule has 3 aliphatic rings. The van der Waals surface area contributed by atoms with E-state index in [9.17, 15) is 14.4 Å². The van der Waals surface area contributed by atoms with Crippen molar-refractivity contribution in [3.63, 3.8) is 0 Å². The Kier molecular flexibility index (Phi) is 5.57. The van der Waals surface area contributed by atoms with Crippen LogP contribution in [0.5, 0.6) is 0 Å². The van der Waals surface area contributed by atoms with Gasteiger partial charge in [-0.25, -0.2) is 4.79 Å². The van der Waals surface area contributed by atoms with Crippen LogP contribution in [0.25, 0.3) is 0 Å². The lowest BCUT2D eigenvalue weighted by atomic mass is 9.91. The molecule has 0 radical (unpaired) electrons. The molecule has 8 heteroatoms. The molecule has 4 N–H and O–H groups in total. The molecular formula is C20H28N4O3S. The first-order chi connectivity index (χ1) is 13.5. The molecule has 0 bridgehead atoms. The summed E-state index contributed by atoms with van der Waals surface area (Å²) in [6.07, 6.45) is 6.46. The fraction of sp³-hybridized carbons (Fsp3) is 0.650. The molecule has 1 atom stereocenters. The first kappa shape index (κ1) is 19.2. The van der Waals surface area contributed by atoms with Crippen LogP contribution in [0.1, 0.15) is 59.8 Å². The Morgan fingerprint density at radius 2 is 1.86 bits per heavy atom. The summed E-state index contributed by atoms with van der Waals surface area (Å²) in [7, 11) is 0. The number of hydrogen-bond donors (Lipinski definition) is 4. The lowest BCUT2D eigenvalue weighted by Crippen LogP contribution is -2.44. The molecule has 0 spiro atoms. The summed E-state index contributed by atoms with van der Waals surface area (Å²) in [5.41, 5.74) is 1.59. The summed E-state index contributed by atoms with van der Waals surface area (Å²) >= 11 is 1.52. The minimum atomic E-state index is -0.173. The van der Waals surface area contributed by atoms with Crippen LogP contribution in [0.3, 0.4) is 0 Å². The summed E-state index contributed by atoms with van der Waals surface area (Å²) in [6, 6.07) is -0.177. The van der Waals surface area contributed by atoms with Crippen LogP contribution in [0.4, 0.5) is 9.80 Å². The zero-order chi connectivity index (χ0) is 19.7. The molecule has 1 aromatic heterocycles. The van der Waals surface area contributed by atoms with Gasteiger partial charge in [-0.05, 0) is 63.4 Å². The van der Waals surface area contributed by atoms with Crippen LogP contribution in [-0.4, -0.2) is 37.0 Å². The van der Waals surface area contributed by atoms with Crippen LogP contribution >= 0.6 is 11.3 Å². The zero-order valence-electron chi connectivity index (χ0n) is 16.2. The Morgan fingerprint density at radius 1 is 1.07 bits per heavy atom. The number of hydrogen-bond acceptors (Lipinski definition) is 4. The summed E-state index contributed by atoms with van der Waals surface area (Å²) < 4.78 is 0. The van der Waals surface area contributed by atoms with Gasteiger partial charge in [0.1, 0.15) is 5.00 Å². The number of fused-ring (bicyclic) bond motifs is 1. The van der Waals surface area contributed by atoms with Gasteiger partial charge < -0.3 is 21.3 Å². The molecule has 152 valence electrons. The topological polar surface area (TPSA) is 99.3 Å². The zero-order valence-corrected chi connectivity index (χ0v) is 17.0. The summed E-state index contributed by atoms with van der Waals surface area (Å²) in [5.74, 6) is 0.602. The first-order valence-electron chi connectivity index (χ1n) is 10.3. The van der Waals surface area contributed by atoms with Crippen molar-refractivity contribution >= 4 is 34.2 Å². The number of urea groups is 1. The molecule has 1 unspecified atom stereocenters. The predicted molar refractivity (Wildman–Crippen MR) is 109 cm³/mol. The third-order valence-electron chi connectivity index (χ3n) is 5.59. The number of anilines is 1. The fourth-order valence-corrected chi connectivity index (χ4v) is 4.88. The van der Waals surface area contributed by atoms with Gasteiger partial charge in [0.05, 0.1) is 5.56 Å². The lowest BCUT2D eigenvalue weighted by molar-refractivity contribution is -0.117. The monoisotopic (exact) mass is 404 g/mol. The number of nitrogens with one attached hydrogen (secondary N) is 4. The van der Waals surface area contributed by atoms with Gasteiger partial charge in [0.15, 0.2) is 0 Å². The molecule has 4 rings (SSSR count). The third kappa shape index (κ3) is 4.48. The van der Waals surface area contributed by atoms with Crippen molar-refractivity contribution in [2.45, 2.75) is 57.9 Å². The molecule has 2 fully saturated rings. The molecule has 0 aliphatic heterocycles. The Morgan fingerprint density at radius 3 is 2.54 bits per heavy atom. The van der Waals surface area contributed by atoms with E-state index in [1.807, 2.05) is 6.92 Å². The third-order valence-corrected chi connectivity index (χ3v) is 6.80. The second kappa shape index (κ2) is 8.11. The maximum atomic E-state index is 13.0. The molecule has 1 aromatic rings. The maximum Gasteiger partial charge on any atom is 0.315 e. The first-order valence-corrected chi connectivity index (χ1v) is 11.1. The van der Waals surface area contributed by atoms with E-state index in [1.165, 1.54) is 24.2 Å². The van der Waals surface area contributed by atoms with E-state index in [0.29, 0.717) is 36.0 Å². The Balaban J connectivity index is 1.53. The van der Waals surface area contributed by atoms with Gasteiger partial charge in [-0.1, -0.05) is 0 Å². The van der Waals surface area contributed by atoms with Gasteiger partial charge in [0.25, 0.3) is 5.91 Å². The highest BCUT2D eigenvalue weighted by Gasteiger charge is 2.34. The highest BCUT2D eigenvalue weighted by atomic mass is 32.1. The van der Waals surface area contributed by atoms with Crippen molar-refractivity contribution in [2.24, 2.45) is 11.8 Å². The van der Waals surface area contributed by atoms with E-state index in [-0.39, 0.29) is 29.8 Å². The number of aryl methyl sites for hydroxylation is 1. The van der Waals surface area contributed by atoms with Crippen molar-refractivity contribution in [3.8, 4) is 0 Å². The lowest BCUT2D eigenvalue weighted by Gasteiger charge is -2.24. The van der Waals surface area contributed by atoms with Gasteiger partial charge in [0.2, 0.25) is 5.91 Å². The molecule has 7 nitrogen and oxygen atoms in total. The number of carbonyl (C=O) groups excluding carboxylic acids is 3. The number of amides is 4. The minimum Gasteiger partial charge on any atom is -0.352 e. The average Bonchev–Trinajstić information content (AvgIpc) is 3.56. The maximum absolute atomic E-state index is 13.0. The van der Waals surface area contributed by atoms with Gasteiger partial charge in [-0.3, -0.25) is 9.59 Å². The largest absolute Gasteiger partial charge is 0.352 e. The van der Waals surface area contributed by atoms with E-state index in [1.54, 1.807) is 0 Å². The fourth-order valence-electron chi connectivity index (χ4n) is 3.64. The molecule has 0 aromatic carbocycles. The van der Waals surface area contributed by atoms with Crippen LogP contribution in [0.15, 0.2) is 0 Å². The Bertz CT molecular complexity index is 783. The van der Waals surface area contributed by atoms with E-state index >= 15 is 0 Å². The van der Waals surface area contributed by atoms with Crippen molar-refractivity contribution < 1.29 is 14.4 Å². The van der Waals surface area contributed by atoms with Crippen molar-refractivity contribution in [3.05, 3.63) is 16.0 Å². The molecule has 4 amide bonds. The van der Waals surface area contributed by atoms with E-state index < -0.39 is 0 Å². The smallest absolute Gasteiger partial charge is 0.315 e. The number of thiophene rings is 1. The van der Waals surface area contributed by atoms with Crippen LogP contribution < -0.4 is 21.3 Å². The van der Waals surface area contributed by atoms with E-state index in [4.69, 9.17) is 0 Å². The van der Waals surface area contributed by atoms with Crippen LogP contribution in [0, 0.1) is 11.8 Å². The minimum absolute atomic E-state index is 0.00406. The predicted octanol–water partition coefficient (Wildman–Crippen LogP) is 2.41. The highest BCUT2D eigenvalue weighted by Crippen LogP contribution is 2.40. The van der Waals surface area contributed by atoms with E-state index in [2.05, 4.69) is 21.3 Å². The summed E-state index contributed by atoms with van der Waals surface area (Å²) in [4.78, 5) is 38.3. The van der Waals surface area contributed by atoms with Crippen LogP contribution in [-0.2, 0) is 17.6 Å². The Labute approximate surface area is 169 Å². The van der Waals surface area contributed by atoms with Crippen LogP contribution in [0.2, 0.25) is 0 Å². The normalized spacial score (nSPS) is 20.8. The van der Waals surface area contributed by atoms with E-state index in [0.717, 1.165) is 36.1 Å². The SMILES string of the molecule is CCNC(=O)NC1CCc2sc(NC(=O)C3CC3)c(C(=O)NCC3CC3)c2C1. The summed E-state index contributed by atoms with van der Waals surface area (Å²) in [6.45, 7) is 3.16. The second-order valence-electron chi connectivity index (χ2n) is 8.07. The second-order valence-corrected chi connectivity index (χ2v) is 9.17. The summed E-state index contributed by atoms with van der Waals surface area (Å²) in [5, 5.41) is 12.5. The standard InChI is InChI=1S/C20H28N4O3S/c1-2-21-20(27)23-13-7-8-15-14(9-13)16(18(26)22-10-11-3-4-11)19(28-15)24-17(25)12-5-6-12/h11-13H,2-10H2,1H3,(H,22,26)(H,24,25)(H2,21,23,27). The van der Waals surface area contributed by atoms with Crippen molar-refractivity contribution in [1.82, 2.24) is 16.0 Å². The molecule has 1 heterocycles. The van der Waals surface area contributed by atoms with Crippen molar-refractivity contribution in [1.29, 1.82) is 0 Å². The Hall–Kier alpha value is -2.09. The van der Waals surface area contributed by atoms with Crippen molar-refractivity contribution in [2.75, 3.05) is 18.4 Å². The number of rotatable bonds is 7.